The Hall–Kier alpha value is -4.37. The van der Waals surface area contributed by atoms with E-state index in [0.29, 0.717) is 56.5 Å². The molecule has 2 N–H and O–H groups in total. The zero-order valence-corrected chi connectivity index (χ0v) is 22.2. The maximum atomic E-state index is 12.6. The maximum absolute atomic E-state index is 12.6. The quantitative estimate of drug-likeness (QED) is 0.515. The highest BCUT2D eigenvalue weighted by molar-refractivity contribution is 5.87. The first kappa shape index (κ1) is 29.9. The van der Waals surface area contributed by atoms with Crippen LogP contribution in [0.3, 0.4) is 0 Å². The molecule has 38 heavy (non-hydrogen) atoms. The second-order valence-corrected chi connectivity index (χ2v) is 9.82. The van der Waals surface area contributed by atoms with Crippen LogP contribution in [0.25, 0.3) is 0 Å². The van der Waals surface area contributed by atoms with Crippen LogP contribution in [-0.4, -0.2) is 54.6 Å². The molecule has 0 spiro atoms. The van der Waals surface area contributed by atoms with Crippen LogP contribution in [0.4, 0.5) is 4.79 Å². The van der Waals surface area contributed by atoms with E-state index in [0.717, 1.165) is 17.5 Å². The minimum Gasteiger partial charge on any atom is -0.462 e. The van der Waals surface area contributed by atoms with Crippen LogP contribution in [0, 0.1) is 22.7 Å². The van der Waals surface area contributed by atoms with Gasteiger partial charge in [-0.2, -0.15) is 10.5 Å². The van der Waals surface area contributed by atoms with Gasteiger partial charge in [-0.15, -0.1) is 0 Å². The van der Waals surface area contributed by atoms with Gasteiger partial charge in [-0.1, -0.05) is 24.3 Å². The summed E-state index contributed by atoms with van der Waals surface area (Å²) >= 11 is 0. The summed E-state index contributed by atoms with van der Waals surface area (Å²) in [5.74, 6) is -0.131. The zero-order valence-electron chi connectivity index (χ0n) is 22.2. The van der Waals surface area contributed by atoms with E-state index in [9.17, 15) is 14.4 Å². The van der Waals surface area contributed by atoms with Crippen LogP contribution in [0.15, 0.2) is 48.5 Å². The van der Waals surface area contributed by atoms with Gasteiger partial charge in [0.05, 0.1) is 23.3 Å². The minimum absolute atomic E-state index is 0.131. The first-order valence-corrected chi connectivity index (χ1v) is 12.6. The van der Waals surface area contributed by atoms with Crippen molar-refractivity contribution in [2.75, 3.05) is 19.6 Å². The fourth-order valence-corrected chi connectivity index (χ4v) is 3.78. The molecule has 2 aromatic rings. The van der Waals surface area contributed by atoms with Gasteiger partial charge in [0.1, 0.15) is 11.6 Å². The Bertz CT molecular complexity index is 1060. The number of nitrogens with one attached hydrogen (secondary N) is 2. The molecule has 9 heteroatoms. The Kier molecular flexibility index (Phi) is 11.8. The van der Waals surface area contributed by atoms with Crippen molar-refractivity contribution in [1.29, 1.82) is 10.5 Å². The van der Waals surface area contributed by atoms with E-state index in [-0.39, 0.29) is 17.5 Å². The van der Waals surface area contributed by atoms with E-state index in [1.165, 1.54) is 0 Å². The first-order chi connectivity index (χ1) is 18.2. The average molecular weight is 518 g/mol. The number of carbonyl (C=O) groups is 3. The van der Waals surface area contributed by atoms with Gasteiger partial charge in [0.2, 0.25) is 5.91 Å². The van der Waals surface area contributed by atoms with E-state index in [1.54, 1.807) is 29.2 Å². The van der Waals surface area contributed by atoms with Crippen molar-refractivity contribution in [2.45, 2.75) is 58.1 Å². The highest BCUT2D eigenvalue weighted by atomic mass is 16.5. The lowest BCUT2D eigenvalue weighted by molar-refractivity contribution is -0.138. The number of nitriles is 2. The van der Waals surface area contributed by atoms with Gasteiger partial charge >= 0.3 is 6.03 Å². The number of benzene rings is 2. The number of urea groups is 1. The van der Waals surface area contributed by atoms with Crippen LogP contribution in [-0.2, 0) is 27.2 Å². The van der Waals surface area contributed by atoms with Crippen molar-refractivity contribution in [3.05, 3.63) is 70.8 Å². The summed E-state index contributed by atoms with van der Waals surface area (Å²) in [7, 11) is 0. The molecule has 9 nitrogen and oxygen atoms in total. The summed E-state index contributed by atoms with van der Waals surface area (Å²) in [6.07, 6.45) is 2.79. The number of likely N-dealkylation sites (tertiary alicyclic amines) is 1. The fourth-order valence-electron chi connectivity index (χ4n) is 3.78. The summed E-state index contributed by atoms with van der Waals surface area (Å²) in [4.78, 5) is 36.4. The summed E-state index contributed by atoms with van der Waals surface area (Å²) < 4.78 is 4.55. The Labute approximate surface area is 224 Å². The molecule has 200 valence electrons. The van der Waals surface area contributed by atoms with Crippen molar-refractivity contribution in [3.63, 3.8) is 0 Å². The molecule has 0 aromatic heterocycles. The maximum Gasteiger partial charge on any atom is 0.318 e. The van der Waals surface area contributed by atoms with E-state index in [1.807, 2.05) is 45.0 Å². The highest BCUT2D eigenvalue weighted by Gasteiger charge is 2.33. The smallest absolute Gasteiger partial charge is 0.318 e. The molecule has 2 aromatic carbocycles. The van der Waals surface area contributed by atoms with Crippen molar-refractivity contribution < 1.29 is 19.1 Å². The fraction of sp³-hybridized carbons (Fsp3) is 0.414. The van der Waals surface area contributed by atoms with E-state index in [4.69, 9.17) is 10.5 Å². The highest BCUT2D eigenvalue weighted by Crippen LogP contribution is 2.17. The van der Waals surface area contributed by atoms with E-state index >= 15 is 0 Å². The molecular formula is C29H35N5O4. The van der Waals surface area contributed by atoms with Gasteiger partial charge in [-0.25, -0.2) is 4.79 Å². The van der Waals surface area contributed by atoms with Crippen molar-refractivity contribution in [3.8, 4) is 12.1 Å². The monoisotopic (exact) mass is 517 g/mol. The molecule has 3 rings (SSSR count). The molecule has 1 fully saturated rings. The molecule has 0 bridgehead atoms. The van der Waals surface area contributed by atoms with Crippen molar-refractivity contribution >= 4 is 18.4 Å². The van der Waals surface area contributed by atoms with Gasteiger partial charge in [0, 0.05) is 19.6 Å². The molecule has 0 radical (unpaired) electrons. The molecule has 1 unspecified atom stereocenters. The lowest BCUT2D eigenvalue weighted by atomic mass is 10.1. The van der Waals surface area contributed by atoms with Gasteiger partial charge in [-0.3, -0.25) is 9.59 Å². The van der Waals surface area contributed by atoms with Gasteiger partial charge in [0.15, 0.2) is 0 Å². The number of hydrogen-bond acceptors (Lipinski definition) is 6. The average Bonchev–Trinajstić information content (AvgIpc) is 3.39. The Balaban J connectivity index is 0.000000638. The minimum atomic E-state index is -0.448. The van der Waals surface area contributed by atoms with Gasteiger partial charge in [0.25, 0.3) is 6.47 Å². The van der Waals surface area contributed by atoms with Crippen LogP contribution < -0.4 is 10.6 Å². The van der Waals surface area contributed by atoms with Crippen molar-refractivity contribution in [2.24, 2.45) is 0 Å². The van der Waals surface area contributed by atoms with Gasteiger partial charge in [-0.05, 0) is 81.8 Å². The lowest BCUT2D eigenvalue weighted by Gasteiger charge is -2.24. The predicted octanol–water partition coefficient (Wildman–Crippen LogP) is 3.46. The largest absolute Gasteiger partial charge is 0.462 e. The molecule has 1 heterocycles. The number of rotatable bonds is 8. The second-order valence-electron chi connectivity index (χ2n) is 9.82. The first-order valence-electron chi connectivity index (χ1n) is 12.6. The van der Waals surface area contributed by atoms with Crippen LogP contribution in [0.2, 0.25) is 0 Å². The van der Waals surface area contributed by atoms with Gasteiger partial charge < -0.3 is 20.3 Å². The Morgan fingerprint density at radius 2 is 1.45 bits per heavy atom. The summed E-state index contributed by atoms with van der Waals surface area (Å²) in [6.45, 7) is 7.43. The van der Waals surface area contributed by atoms with E-state index in [2.05, 4.69) is 27.5 Å². The molecule has 1 atom stereocenters. The molecule has 3 amide bonds. The van der Waals surface area contributed by atoms with Crippen LogP contribution in [0.5, 0.6) is 0 Å². The third-order valence-electron chi connectivity index (χ3n) is 5.79. The number of amides is 3. The third kappa shape index (κ3) is 10.3. The third-order valence-corrected chi connectivity index (χ3v) is 5.79. The number of hydrogen-bond donors (Lipinski definition) is 2. The normalized spacial score (nSPS) is 14.2. The number of ether oxygens (including phenoxy) is 1. The molecule has 0 saturated carbocycles. The molecule has 1 aliphatic heterocycles. The summed E-state index contributed by atoms with van der Waals surface area (Å²) in [5, 5.41) is 23.5. The topological polar surface area (TPSA) is 135 Å². The zero-order chi connectivity index (χ0) is 28.0. The molecular weight excluding hydrogens is 482 g/mol. The molecule has 1 aliphatic rings. The summed E-state index contributed by atoms with van der Waals surface area (Å²) in [5.41, 5.74) is 2.99. The Morgan fingerprint density at radius 1 is 0.947 bits per heavy atom. The molecule has 1 saturated heterocycles. The lowest BCUT2D eigenvalue weighted by Crippen LogP contribution is -2.50. The number of nitrogens with zero attached hydrogens (tertiary/aromatic N) is 3. The number of carbonyl (C=O) groups excluding carboxylic acids is 3. The summed E-state index contributed by atoms with van der Waals surface area (Å²) in [6, 6.07) is 18.1. The standard InChI is InChI=1S/C24H25N5O2.C5H10O2/c25-16-20-7-3-18(4-8-20)11-13-27-23(30)22-2-1-15-29(22)24(31)28-14-12-19-5-9-21(17-26)10-6-19;1-5(2,3)7-4-6/h3-10,22H,1-2,11-15H2,(H,27,30)(H,28,31);4H,1-3H3. The SMILES string of the molecule is CC(C)(C)OC=O.N#Cc1ccc(CCNC(=O)C2CCCN2C(=O)NCCc2ccc(C#N)cc2)cc1. The van der Waals surface area contributed by atoms with Crippen molar-refractivity contribution in [1.82, 2.24) is 15.5 Å². The predicted molar refractivity (Wildman–Crippen MR) is 143 cm³/mol. The molecule has 0 aliphatic carbocycles. The van der Waals surface area contributed by atoms with E-state index < -0.39 is 6.04 Å². The van der Waals surface area contributed by atoms with Crippen LogP contribution >= 0.6 is 0 Å². The Morgan fingerprint density at radius 3 is 1.87 bits per heavy atom. The second kappa shape index (κ2) is 15.0. The van der Waals surface area contributed by atoms with Crippen LogP contribution in [0.1, 0.15) is 55.9 Å².